The second kappa shape index (κ2) is 6.43. The number of benzene rings is 1. The van der Waals surface area contributed by atoms with E-state index in [9.17, 15) is 0 Å². The molecule has 1 heterocycles. The van der Waals surface area contributed by atoms with Gasteiger partial charge in [0.25, 0.3) is 0 Å². The maximum atomic E-state index is 5.91. The Balaban J connectivity index is 2.10. The van der Waals surface area contributed by atoms with Crippen molar-refractivity contribution in [3.63, 3.8) is 0 Å². The highest BCUT2D eigenvalue weighted by Gasteiger charge is 2.07. The first-order valence-electron chi connectivity index (χ1n) is 6.31. The molecule has 5 heteroatoms. The number of anilines is 2. The summed E-state index contributed by atoms with van der Waals surface area (Å²) in [4.78, 5) is 6.42. The van der Waals surface area contributed by atoms with Crippen molar-refractivity contribution < 1.29 is 4.74 Å². The lowest BCUT2D eigenvalue weighted by Gasteiger charge is -2.19. The second-order valence-corrected chi connectivity index (χ2v) is 5.13. The number of aromatic nitrogens is 1. The number of ether oxygens (including phenoxy) is 1. The van der Waals surface area contributed by atoms with E-state index in [4.69, 9.17) is 10.5 Å². The molecular weight excluding hydrogens is 258 g/mol. The Labute approximate surface area is 117 Å². The van der Waals surface area contributed by atoms with Crippen molar-refractivity contribution in [3.05, 3.63) is 34.8 Å². The summed E-state index contributed by atoms with van der Waals surface area (Å²) in [7, 11) is 2.04. The van der Waals surface area contributed by atoms with Gasteiger partial charge in [-0.1, -0.05) is 6.92 Å². The molecule has 0 aliphatic rings. The van der Waals surface area contributed by atoms with Crippen molar-refractivity contribution in [2.45, 2.75) is 19.9 Å². The molecule has 0 saturated carbocycles. The minimum atomic E-state index is 0.680. The summed E-state index contributed by atoms with van der Waals surface area (Å²) in [6.07, 6.45) is 0.971. The van der Waals surface area contributed by atoms with E-state index in [1.165, 1.54) is 0 Å². The van der Waals surface area contributed by atoms with E-state index in [-0.39, 0.29) is 0 Å². The van der Waals surface area contributed by atoms with Gasteiger partial charge < -0.3 is 15.4 Å². The predicted molar refractivity (Wildman–Crippen MR) is 80.9 cm³/mol. The summed E-state index contributed by atoms with van der Waals surface area (Å²) >= 11 is 1.61. The van der Waals surface area contributed by atoms with Crippen LogP contribution in [0.1, 0.15) is 19.0 Å². The zero-order valence-corrected chi connectivity index (χ0v) is 12.1. The zero-order valence-electron chi connectivity index (χ0n) is 11.3. The monoisotopic (exact) mass is 277 g/mol. The Bertz CT molecular complexity index is 513. The van der Waals surface area contributed by atoms with E-state index in [0.29, 0.717) is 12.3 Å². The highest BCUT2D eigenvalue weighted by atomic mass is 32.1. The largest absolute Gasteiger partial charge is 0.491 e. The van der Waals surface area contributed by atoms with Crippen molar-refractivity contribution in [1.29, 1.82) is 0 Å². The van der Waals surface area contributed by atoms with Crippen LogP contribution in [0.5, 0.6) is 5.75 Å². The summed E-state index contributed by atoms with van der Waals surface area (Å²) in [6.45, 7) is 3.54. The molecule has 0 spiro atoms. The van der Waals surface area contributed by atoms with Crippen LogP contribution in [0.25, 0.3) is 0 Å². The first-order chi connectivity index (χ1) is 9.20. The van der Waals surface area contributed by atoms with Gasteiger partial charge in [0.05, 0.1) is 30.0 Å². The van der Waals surface area contributed by atoms with Gasteiger partial charge >= 0.3 is 0 Å². The molecule has 2 aromatic rings. The highest BCUT2D eigenvalue weighted by Crippen LogP contribution is 2.28. The summed E-state index contributed by atoms with van der Waals surface area (Å²) in [5.41, 5.74) is 10.6. The Morgan fingerprint density at radius 3 is 2.95 bits per heavy atom. The van der Waals surface area contributed by atoms with Crippen LogP contribution < -0.4 is 15.4 Å². The predicted octanol–water partition coefficient (Wildman–Crippen LogP) is 3.15. The molecule has 0 bridgehead atoms. The van der Waals surface area contributed by atoms with Gasteiger partial charge in [-0.05, 0) is 18.6 Å². The number of nitrogens with two attached hydrogens (primary N) is 1. The lowest BCUT2D eigenvalue weighted by molar-refractivity contribution is 0.319. The molecule has 0 saturated heterocycles. The minimum Gasteiger partial charge on any atom is -0.491 e. The Morgan fingerprint density at radius 1 is 1.42 bits per heavy atom. The molecule has 4 nitrogen and oxygen atoms in total. The molecule has 0 atom stereocenters. The van der Waals surface area contributed by atoms with Crippen LogP contribution in [0.2, 0.25) is 0 Å². The van der Waals surface area contributed by atoms with Crippen LogP contribution in [0.15, 0.2) is 29.1 Å². The molecule has 0 fully saturated rings. The summed E-state index contributed by atoms with van der Waals surface area (Å²) in [5, 5.41) is 2.06. The fraction of sp³-hybridized carbons (Fsp3) is 0.357. The molecule has 2 rings (SSSR count). The van der Waals surface area contributed by atoms with Gasteiger partial charge in [-0.15, -0.1) is 11.3 Å². The van der Waals surface area contributed by atoms with Gasteiger partial charge in [0.2, 0.25) is 0 Å². The number of thiazole rings is 1. The average Bonchev–Trinajstić information content (AvgIpc) is 2.90. The Kier molecular flexibility index (Phi) is 4.63. The summed E-state index contributed by atoms with van der Waals surface area (Å²) in [5.74, 6) is 0.754. The fourth-order valence-corrected chi connectivity index (χ4v) is 2.30. The van der Waals surface area contributed by atoms with Gasteiger partial charge in [0.1, 0.15) is 5.75 Å². The SMILES string of the molecule is CCCOc1cc(N(C)Cc2cscn2)ccc1N. The van der Waals surface area contributed by atoms with E-state index in [1.54, 1.807) is 11.3 Å². The van der Waals surface area contributed by atoms with Crippen LogP contribution in [0, 0.1) is 0 Å². The van der Waals surface area contributed by atoms with Gasteiger partial charge in [0, 0.05) is 24.2 Å². The molecule has 1 aromatic heterocycles. The maximum Gasteiger partial charge on any atom is 0.144 e. The molecule has 2 N–H and O–H groups in total. The third-order valence-corrected chi connectivity index (χ3v) is 3.42. The number of rotatable bonds is 6. The standard InChI is InChI=1S/C14H19N3OS/c1-3-6-18-14-7-12(4-5-13(14)15)17(2)8-11-9-19-10-16-11/h4-5,7,9-10H,3,6,8,15H2,1-2H3. The van der Waals surface area contributed by atoms with E-state index in [1.807, 2.05) is 30.8 Å². The fourth-order valence-electron chi connectivity index (χ4n) is 1.75. The Morgan fingerprint density at radius 2 is 2.26 bits per heavy atom. The topological polar surface area (TPSA) is 51.4 Å². The lowest BCUT2D eigenvalue weighted by atomic mass is 10.2. The molecule has 1 aromatic carbocycles. The van der Waals surface area contributed by atoms with Crippen molar-refractivity contribution in [1.82, 2.24) is 4.98 Å². The molecule has 0 unspecified atom stereocenters. The average molecular weight is 277 g/mol. The van der Waals surface area contributed by atoms with Crippen molar-refractivity contribution >= 4 is 22.7 Å². The quantitative estimate of drug-likeness (QED) is 0.824. The van der Waals surface area contributed by atoms with E-state index in [0.717, 1.165) is 30.1 Å². The lowest BCUT2D eigenvalue weighted by Crippen LogP contribution is -2.16. The van der Waals surface area contributed by atoms with Crippen molar-refractivity contribution in [2.24, 2.45) is 0 Å². The Hall–Kier alpha value is -1.75. The van der Waals surface area contributed by atoms with Gasteiger partial charge in [-0.25, -0.2) is 4.98 Å². The van der Waals surface area contributed by atoms with Gasteiger partial charge in [-0.3, -0.25) is 0 Å². The molecule has 0 aliphatic carbocycles. The molecular formula is C14H19N3OS. The third-order valence-electron chi connectivity index (χ3n) is 2.78. The maximum absolute atomic E-state index is 5.91. The molecule has 102 valence electrons. The third kappa shape index (κ3) is 3.61. The van der Waals surface area contributed by atoms with Gasteiger partial charge in [0.15, 0.2) is 0 Å². The first-order valence-corrected chi connectivity index (χ1v) is 7.25. The normalized spacial score (nSPS) is 10.4. The number of hydrogen-bond donors (Lipinski definition) is 1. The minimum absolute atomic E-state index is 0.680. The van der Waals surface area contributed by atoms with E-state index >= 15 is 0 Å². The number of nitrogen functional groups attached to an aromatic ring is 1. The van der Waals surface area contributed by atoms with E-state index < -0.39 is 0 Å². The smallest absolute Gasteiger partial charge is 0.144 e. The summed E-state index contributed by atoms with van der Waals surface area (Å²) in [6, 6.07) is 5.87. The van der Waals surface area contributed by atoms with Crippen LogP contribution in [0.4, 0.5) is 11.4 Å². The molecule has 19 heavy (non-hydrogen) atoms. The first kappa shape index (κ1) is 13.7. The number of hydrogen-bond acceptors (Lipinski definition) is 5. The van der Waals surface area contributed by atoms with E-state index in [2.05, 4.69) is 22.2 Å². The number of nitrogens with zero attached hydrogens (tertiary/aromatic N) is 2. The van der Waals surface area contributed by atoms with Crippen LogP contribution in [0.3, 0.4) is 0 Å². The summed E-state index contributed by atoms with van der Waals surface area (Å²) < 4.78 is 5.65. The molecule has 0 radical (unpaired) electrons. The molecule has 0 amide bonds. The van der Waals surface area contributed by atoms with Crippen LogP contribution >= 0.6 is 11.3 Å². The van der Waals surface area contributed by atoms with Crippen LogP contribution in [-0.4, -0.2) is 18.6 Å². The zero-order chi connectivity index (χ0) is 13.7. The van der Waals surface area contributed by atoms with Crippen molar-refractivity contribution in [3.8, 4) is 5.75 Å². The molecule has 0 aliphatic heterocycles. The highest BCUT2D eigenvalue weighted by molar-refractivity contribution is 7.07. The van der Waals surface area contributed by atoms with Crippen molar-refractivity contribution in [2.75, 3.05) is 24.3 Å². The second-order valence-electron chi connectivity index (χ2n) is 4.41. The van der Waals surface area contributed by atoms with Gasteiger partial charge in [-0.2, -0.15) is 0 Å². The van der Waals surface area contributed by atoms with Crippen LogP contribution in [-0.2, 0) is 6.54 Å².